The molecule has 0 aromatic heterocycles. The molecule has 0 radical (unpaired) electrons. The van der Waals surface area contributed by atoms with Gasteiger partial charge in [0.1, 0.15) is 0 Å². The number of hydrogen-bond donors (Lipinski definition) is 0. The molecule has 1 aromatic rings. The molecular weight excluding hydrogens is 327 g/mol. The van der Waals surface area contributed by atoms with Gasteiger partial charge in [-0.05, 0) is 13.8 Å². The molecule has 0 unspecified atom stereocenters. The Balaban J connectivity index is 3.28. The Morgan fingerprint density at radius 1 is 0.783 bits per heavy atom. The van der Waals surface area contributed by atoms with E-state index >= 15 is 0 Å². The molecule has 0 atom stereocenters. The Morgan fingerprint density at radius 2 is 1.13 bits per heavy atom. The third kappa shape index (κ3) is 3.96. The molecular formula is C14H13F5O4. The highest BCUT2D eigenvalue weighted by molar-refractivity contribution is 5.95. The molecule has 1 rings (SSSR count). The van der Waals surface area contributed by atoms with Crippen molar-refractivity contribution in [3.8, 4) is 0 Å². The monoisotopic (exact) mass is 340 g/mol. The van der Waals surface area contributed by atoms with Gasteiger partial charge in [-0.3, -0.25) is 9.59 Å². The summed E-state index contributed by atoms with van der Waals surface area (Å²) >= 11 is 0. The van der Waals surface area contributed by atoms with Gasteiger partial charge in [0.15, 0.2) is 29.2 Å². The fourth-order valence-corrected chi connectivity index (χ4v) is 1.78. The highest BCUT2D eigenvalue weighted by atomic mass is 19.2. The average molecular weight is 340 g/mol. The van der Waals surface area contributed by atoms with Gasteiger partial charge in [0, 0.05) is 12.0 Å². The van der Waals surface area contributed by atoms with Gasteiger partial charge in [0.2, 0.25) is 5.82 Å². The maximum atomic E-state index is 13.6. The standard InChI is InChI=1S/C14H13F5O4/c1-3-22-13(20)7(14(21)23-4-2)5-6-8(15)10(17)12(19)11(18)9(6)16/h7H,3-5H2,1-2H3. The molecule has 23 heavy (non-hydrogen) atoms. The quantitative estimate of drug-likeness (QED) is 0.263. The van der Waals surface area contributed by atoms with Crippen molar-refractivity contribution >= 4 is 11.9 Å². The predicted molar refractivity (Wildman–Crippen MR) is 66.7 cm³/mol. The van der Waals surface area contributed by atoms with Crippen LogP contribution < -0.4 is 0 Å². The van der Waals surface area contributed by atoms with Gasteiger partial charge in [-0.2, -0.15) is 0 Å². The molecule has 0 aliphatic rings. The smallest absolute Gasteiger partial charge is 0.320 e. The number of halogens is 5. The van der Waals surface area contributed by atoms with Gasteiger partial charge in [-0.25, -0.2) is 22.0 Å². The molecule has 4 nitrogen and oxygen atoms in total. The molecule has 0 spiro atoms. The summed E-state index contributed by atoms with van der Waals surface area (Å²) < 4.78 is 75.7. The number of hydrogen-bond acceptors (Lipinski definition) is 4. The lowest BCUT2D eigenvalue weighted by Gasteiger charge is -2.15. The van der Waals surface area contributed by atoms with Crippen LogP contribution in [0.1, 0.15) is 19.4 Å². The van der Waals surface area contributed by atoms with Gasteiger partial charge in [-0.15, -0.1) is 0 Å². The fraction of sp³-hybridized carbons (Fsp3) is 0.429. The zero-order chi connectivity index (χ0) is 17.7. The van der Waals surface area contributed by atoms with Crippen molar-refractivity contribution in [1.82, 2.24) is 0 Å². The van der Waals surface area contributed by atoms with Crippen LogP contribution >= 0.6 is 0 Å². The van der Waals surface area contributed by atoms with Crippen LogP contribution in [0.2, 0.25) is 0 Å². The Labute approximate surface area is 128 Å². The first kappa shape index (κ1) is 18.9. The van der Waals surface area contributed by atoms with Gasteiger partial charge in [-0.1, -0.05) is 0 Å². The molecule has 0 bridgehead atoms. The van der Waals surface area contributed by atoms with Crippen LogP contribution in [0.25, 0.3) is 0 Å². The minimum atomic E-state index is -2.33. The minimum Gasteiger partial charge on any atom is -0.465 e. The summed E-state index contributed by atoms with van der Waals surface area (Å²) in [6.45, 7) is 2.54. The summed E-state index contributed by atoms with van der Waals surface area (Å²) in [7, 11) is 0. The van der Waals surface area contributed by atoms with E-state index in [9.17, 15) is 31.5 Å². The van der Waals surface area contributed by atoms with E-state index in [-0.39, 0.29) is 13.2 Å². The van der Waals surface area contributed by atoms with Crippen LogP contribution in [0.15, 0.2) is 0 Å². The summed E-state index contributed by atoms with van der Waals surface area (Å²) in [4.78, 5) is 23.4. The molecule has 0 fully saturated rings. The number of benzene rings is 1. The average Bonchev–Trinajstić information content (AvgIpc) is 2.51. The molecule has 0 saturated heterocycles. The summed E-state index contributed by atoms with van der Waals surface area (Å²) in [5, 5.41) is 0. The van der Waals surface area contributed by atoms with Crippen LogP contribution in [0.5, 0.6) is 0 Å². The zero-order valence-electron chi connectivity index (χ0n) is 12.2. The molecule has 9 heteroatoms. The largest absolute Gasteiger partial charge is 0.465 e. The second-order valence-electron chi connectivity index (χ2n) is 4.31. The highest BCUT2D eigenvalue weighted by Crippen LogP contribution is 2.26. The number of ether oxygens (including phenoxy) is 2. The molecule has 0 heterocycles. The van der Waals surface area contributed by atoms with Crippen molar-refractivity contribution in [2.24, 2.45) is 5.92 Å². The Kier molecular flexibility index (Phi) is 6.47. The number of rotatable bonds is 6. The van der Waals surface area contributed by atoms with Crippen LogP contribution in [-0.2, 0) is 25.5 Å². The molecule has 0 aliphatic heterocycles. The summed E-state index contributed by atoms with van der Waals surface area (Å²) in [5.74, 6) is -15.1. The fourth-order valence-electron chi connectivity index (χ4n) is 1.78. The van der Waals surface area contributed by atoms with Crippen LogP contribution in [0.4, 0.5) is 22.0 Å². The lowest BCUT2D eigenvalue weighted by molar-refractivity contribution is -0.161. The van der Waals surface area contributed by atoms with Crippen molar-refractivity contribution < 1.29 is 41.0 Å². The first-order chi connectivity index (χ1) is 10.8. The second kappa shape index (κ2) is 7.89. The lowest BCUT2D eigenvalue weighted by Crippen LogP contribution is -2.31. The van der Waals surface area contributed by atoms with E-state index in [1.807, 2.05) is 0 Å². The van der Waals surface area contributed by atoms with Crippen LogP contribution in [0, 0.1) is 35.0 Å². The molecule has 0 amide bonds. The summed E-state index contributed by atoms with van der Waals surface area (Å²) in [5.41, 5.74) is -1.28. The van der Waals surface area contributed by atoms with E-state index in [2.05, 4.69) is 9.47 Å². The van der Waals surface area contributed by atoms with Gasteiger partial charge in [0.25, 0.3) is 0 Å². The number of carbonyl (C=O) groups excluding carboxylic acids is 2. The van der Waals surface area contributed by atoms with E-state index in [0.717, 1.165) is 0 Å². The van der Waals surface area contributed by atoms with Crippen LogP contribution in [-0.4, -0.2) is 25.2 Å². The van der Waals surface area contributed by atoms with Crippen molar-refractivity contribution in [3.05, 3.63) is 34.6 Å². The maximum absolute atomic E-state index is 13.6. The highest BCUT2D eigenvalue weighted by Gasteiger charge is 2.34. The topological polar surface area (TPSA) is 52.6 Å². The van der Waals surface area contributed by atoms with Gasteiger partial charge < -0.3 is 9.47 Å². The Bertz CT molecular complexity index is 571. The molecule has 1 aromatic carbocycles. The second-order valence-corrected chi connectivity index (χ2v) is 4.31. The summed E-state index contributed by atoms with van der Waals surface area (Å²) in [6.07, 6.45) is -1.08. The minimum absolute atomic E-state index is 0.147. The van der Waals surface area contributed by atoms with Crippen molar-refractivity contribution in [3.63, 3.8) is 0 Å². The SMILES string of the molecule is CCOC(=O)C(Cc1c(F)c(F)c(F)c(F)c1F)C(=O)OCC. The van der Waals surface area contributed by atoms with Crippen molar-refractivity contribution in [2.45, 2.75) is 20.3 Å². The first-order valence-electron chi connectivity index (χ1n) is 6.59. The Morgan fingerprint density at radius 3 is 1.48 bits per heavy atom. The lowest BCUT2D eigenvalue weighted by atomic mass is 9.98. The third-order valence-corrected chi connectivity index (χ3v) is 2.85. The normalized spacial score (nSPS) is 10.8. The Hall–Kier alpha value is -2.19. The van der Waals surface area contributed by atoms with E-state index in [0.29, 0.717) is 0 Å². The van der Waals surface area contributed by atoms with E-state index in [4.69, 9.17) is 0 Å². The van der Waals surface area contributed by atoms with Crippen LogP contribution in [0.3, 0.4) is 0 Å². The molecule has 0 aliphatic carbocycles. The summed E-state index contributed by atoms with van der Waals surface area (Å²) in [6, 6.07) is 0. The molecule has 128 valence electrons. The van der Waals surface area contributed by atoms with E-state index in [1.54, 1.807) is 0 Å². The van der Waals surface area contributed by atoms with Crippen molar-refractivity contribution in [2.75, 3.05) is 13.2 Å². The molecule has 0 N–H and O–H groups in total. The third-order valence-electron chi connectivity index (χ3n) is 2.85. The van der Waals surface area contributed by atoms with Gasteiger partial charge >= 0.3 is 11.9 Å². The van der Waals surface area contributed by atoms with E-state index < -0.39 is 58.9 Å². The van der Waals surface area contributed by atoms with Gasteiger partial charge in [0.05, 0.1) is 13.2 Å². The van der Waals surface area contributed by atoms with E-state index in [1.165, 1.54) is 13.8 Å². The maximum Gasteiger partial charge on any atom is 0.320 e. The van der Waals surface area contributed by atoms with Crippen molar-refractivity contribution in [1.29, 1.82) is 0 Å². The predicted octanol–water partition coefficient (Wildman–Crippen LogP) is 2.67. The number of carbonyl (C=O) groups is 2. The first-order valence-corrected chi connectivity index (χ1v) is 6.59. The zero-order valence-corrected chi connectivity index (χ0v) is 12.2. The molecule has 0 saturated carbocycles. The number of esters is 2.